The number of amides is 1. The molecule has 0 saturated carbocycles. The summed E-state index contributed by atoms with van der Waals surface area (Å²) in [6.45, 7) is 1.87. The van der Waals surface area contributed by atoms with Crippen molar-refractivity contribution in [3.63, 3.8) is 0 Å². The number of nitrogens with one attached hydrogen (secondary N) is 1. The maximum Gasteiger partial charge on any atom is 0.264 e. The third kappa shape index (κ3) is 2.30. The van der Waals surface area contributed by atoms with Gasteiger partial charge in [-0.15, -0.1) is 11.3 Å². The number of hydrogen-bond acceptors (Lipinski definition) is 5. The molecule has 2 rings (SSSR count). The van der Waals surface area contributed by atoms with E-state index in [9.17, 15) is 9.59 Å². The summed E-state index contributed by atoms with van der Waals surface area (Å²) in [7, 11) is 3.17. The van der Waals surface area contributed by atoms with Gasteiger partial charge in [0.05, 0.1) is 5.01 Å². The van der Waals surface area contributed by atoms with Crippen LogP contribution in [0.2, 0.25) is 0 Å². The Kier molecular flexibility index (Phi) is 3.24. The van der Waals surface area contributed by atoms with Crippen LogP contribution >= 0.6 is 11.3 Å². The monoisotopic (exact) mass is 264 g/mol. The quantitative estimate of drug-likeness (QED) is 0.874. The second-order valence-corrected chi connectivity index (χ2v) is 4.99. The Labute approximate surface area is 107 Å². The van der Waals surface area contributed by atoms with E-state index in [0.29, 0.717) is 11.5 Å². The zero-order valence-electron chi connectivity index (χ0n) is 10.2. The van der Waals surface area contributed by atoms with E-state index in [-0.39, 0.29) is 11.5 Å². The molecule has 0 spiro atoms. The topological polar surface area (TPSA) is 79.0 Å². The molecule has 0 unspecified atom stereocenters. The molecule has 2 heterocycles. The van der Waals surface area contributed by atoms with Gasteiger partial charge in [-0.1, -0.05) is 0 Å². The fraction of sp³-hybridized carbons (Fsp3) is 0.273. The number of nitrogens with zero attached hydrogens (tertiary/aromatic N) is 3. The van der Waals surface area contributed by atoms with Crippen molar-refractivity contribution >= 4 is 17.2 Å². The van der Waals surface area contributed by atoms with E-state index in [2.05, 4.69) is 15.0 Å². The van der Waals surface area contributed by atoms with Gasteiger partial charge in [-0.05, 0) is 6.92 Å². The first-order valence-electron chi connectivity index (χ1n) is 5.22. The molecule has 0 aliphatic heterocycles. The predicted octanol–water partition coefficient (Wildman–Crippen LogP) is 0.904. The molecule has 2 aromatic rings. The van der Waals surface area contributed by atoms with Gasteiger partial charge in [-0.25, -0.2) is 9.97 Å². The van der Waals surface area contributed by atoms with E-state index in [0.717, 1.165) is 5.01 Å². The molecule has 0 atom stereocenters. The Morgan fingerprint density at radius 2 is 2.17 bits per heavy atom. The molecule has 0 radical (unpaired) electrons. The highest BCUT2D eigenvalue weighted by Crippen LogP contribution is 2.16. The fourth-order valence-electron chi connectivity index (χ4n) is 1.39. The summed E-state index contributed by atoms with van der Waals surface area (Å²) in [4.78, 5) is 35.7. The molecule has 6 nitrogen and oxygen atoms in total. The van der Waals surface area contributed by atoms with E-state index in [1.807, 2.05) is 6.92 Å². The van der Waals surface area contributed by atoms with E-state index in [1.54, 1.807) is 19.5 Å². The van der Waals surface area contributed by atoms with Gasteiger partial charge in [0, 0.05) is 25.7 Å². The second kappa shape index (κ2) is 4.69. The van der Waals surface area contributed by atoms with Gasteiger partial charge in [-0.2, -0.15) is 0 Å². The summed E-state index contributed by atoms with van der Waals surface area (Å²) < 4.78 is 0. The number of aryl methyl sites for hydroxylation is 1. The normalized spacial score (nSPS) is 10.4. The Morgan fingerprint density at radius 3 is 2.67 bits per heavy atom. The minimum Gasteiger partial charge on any atom is -0.345 e. The lowest BCUT2D eigenvalue weighted by Gasteiger charge is -2.08. The number of aromatic amines is 1. The number of carbonyl (C=O) groups excluding carboxylic acids is 1. The molecular formula is C11H12N4O2S. The molecule has 0 fully saturated rings. The molecule has 0 aliphatic carbocycles. The molecule has 1 N–H and O–H groups in total. The summed E-state index contributed by atoms with van der Waals surface area (Å²) in [6.07, 6.45) is 1.28. The first-order valence-corrected chi connectivity index (χ1v) is 6.10. The summed E-state index contributed by atoms with van der Waals surface area (Å²) in [5, 5.41) is 2.70. The van der Waals surface area contributed by atoms with Gasteiger partial charge in [0.2, 0.25) is 0 Å². The lowest BCUT2D eigenvalue weighted by molar-refractivity contribution is 0.0825. The van der Waals surface area contributed by atoms with Crippen LogP contribution in [0.3, 0.4) is 0 Å². The smallest absolute Gasteiger partial charge is 0.264 e. The molecule has 7 heteroatoms. The molecule has 2 aromatic heterocycles. The maximum absolute atomic E-state index is 11.8. The number of rotatable bonds is 2. The van der Waals surface area contributed by atoms with Crippen LogP contribution in [0.1, 0.15) is 15.4 Å². The molecule has 18 heavy (non-hydrogen) atoms. The average molecular weight is 264 g/mol. The van der Waals surface area contributed by atoms with Crippen molar-refractivity contribution in [2.24, 2.45) is 0 Å². The van der Waals surface area contributed by atoms with Crippen LogP contribution < -0.4 is 5.56 Å². The number of carbonyl (C=O) groups is 1. The minimum atomic E-state index is -0.454. The molecule has 0 aromatic carbocycles. The average Bonchev–Trinajstić information content (AvgIpc) is 2.74. The third-order valence-corrected chi connectivity index (χ3v) is 3.07. The van der Waals surface area contributed by atoms with Crippen molar-refractivity contribution in [1.82, 2.24) is 19.9 Å². The van der Waals surface area contributed by atoms with Gasteiger partial charge in [0.25, 0.3) is 11.5 Å². The van der Waals surface area contributed by atoms with Gasteiger partial charge < -0.3 is 9.88 Å². The number of hydrogen-bond donors (Lipinski definition) is 1. The zero-order valence-corrected chi connectivity index (χ0v) is 11.0. The van der Waals surface area contributed by atoms with Crippen LogP contribution in [0.15, 0.2) is 16.4 Å². The summed E-state index contributed by atoms with van der Waals surface area (Å²) in [5.74, 6) is 0.00409. The summed E-state index contributed by atoms with van der Waals surface area (Å²) in [6, 6.07) is 0. The summed E-state index contributed by atoms with van der Waals surface area (Å²) >= 11 is 1.47. The van der Waals surface area contributed by atoms with Gasteiger partial charge in [0.15, 0.2) is 5.82 Å². The predicted molar refractivity (Wildman–Crippen MR) is 68.7 cm³/mol. The fourth-order valence-corrected chi connectivity index (χ4v) is 1.99. The SMILES string of the molecule is Cc1nc(-c2ncc(C(=O)N(C)C)c(=O)[nH]2)cs1. The number of H-pyrrole nitrogens is 1. The van der Waals surface area contributed by atoms with Crippen molar-refractivity contribution in [3.05, 3.63) is 32.5 Å². The molecule has 0 aliphatic rings. The third-order valence-electron chi connectivity index (χ3n) is 2.30. The Morgan fingerprint density at radius 1 is 1.44 bits per heavy atom. The van der Waals surface area contributed by atoms with Crippen LogP contribution in [-0.2, 0) is 0 Å². The first kappa shape index (κ1) is 12.4. The summed E-state index contributed by atoms with van der Waals surface area (Å²) in [5.41, 5.74) is 0.179. The molecule has 0 saturated heterocycles. The molecule has 1 amide bonds. The van der Waals surface area contributed by atoms with E-state index < -0.39 is 5.56 Å². The van der Waals surface area contributed by atoms with Crippen molar-refractivity contribution < 1.29 is 4.79 Å². The van der Waals surface area contributed by atoms with Crippen LogP contribution in [0, 0.1) is 6.92 Å². The first-order chi connectivity index (χ1) is 8.49. The largest absolute Gasteiger partial charge is 0.345 e. The second-order valence-electron chi connectivity index (χ2n) is 3.93. The van der Waals surface area contributed by atoms with Gasteiger partial charge in [-0.3, -0.25) is 9.59 Å². The highest BCUT2D eigenvalue weighted by molar-refractivity contribution is 7.09. The maximum atomic E-state index is 11.8. The van der Waals surface area contributed by atoms with Gasteiger partial charge in [0.1, 0.15) is 11.3 Å². The van der Waals surface area contributed by atoms with Gasteiger partial charge >= 0.3 is 0 Å². The van der Waals surface area contributed by atoms with Crippen LogP contribution in [0.4, 0.5) is 0 Å². The Bertz CT molecular complexity index is 644. The standard InChI is InChI=1S/C11H12N4O2S/c1-6-13-8(5-18-6)9-12-4-7(10(16)14-9)11(17)15(2)3/h4-5H,1-3H3,(H,12,14,16). The van der Waals surface area contributed by atoms with E-state index in [1.165, 1.54) is 22.4 Å². The van der Waals surface area contributed by atoms with Crippen LogP contribution in [0.5, 0.6) is 0 Å². The van der Waals surface area contributed by atoms with Crippen LogP contribution in [0.25, 0.3) is 11.5 Å². The van der Waals surface area contributed by atoms with E-state index in [4.69, 9.17) is 0 Å². The lowest BCUT2D eigenvalue weighted by atomic mass is 10.3. The van der Waals surface area contributed by atoms with Crippen molar-refractivity contribution in [2.45, 2.75) is 6.92 Å². The zero-order chi connectivity index (χ0) is 13.3. The highest BCUT2D eigenvalue weighted by Gasteiger charge is 2.14. The molecule has 0 bridgehead atoms. The Hall–Kier alpha value is -2.02. The van der Waals surface area contributed by atoms with E-state index >= 15 is 0 Å². The Balaban J connectivity index is 2.42. The lowest BCUT2D eigenvalue weighted by Crippen LogP contribution is -2.29. The molecule has 94 valence electrons. The van der Waals surface area contributed by atoms with Crippen molar-refractivity contribution in [1.29, 1.82) is 0 Å². The van der Waals surface area contributed by atoms with Crippen molar-refractivity contribution in [3.8, 4) is 11.5 Å². The number of aromatic nitrogens is 3. The van der Waals surface area contributed by atoms with Crippen LogP contribution in [-0.4, -0.2) is 39.9 Å². The highest BCUT2D eigenvalue weighted by atomic mass is 32.1. The number of thiazole rings is 1. The minimum absolute atomic E-state index is 0.0238. The molecular weight excluding hydrogens is 252 g/mol. The van der Waals surface area contributed by atoms with Crippen molar-refractivity contribution in [2.75, 3.05) is 14.1 Å².